The smallest absolute Gasteiger partial charge is 0.326 e. The second-order valence-electron chi connectivity index (χ2n) is 5.77. The first-order chi connectivity index (χ1) is 12.0. The van der Waals surface area contributed by atoms with E-state index in [9.17, 15) is 14.7 Å². The summed E-state index contributed by atoms with van der Waals surface area (Å²) in [5.41, 5.74) is 2.49. The minimum absolute atomic E-state index is 0.237. The lowest BCUT2D eigenvalue weighted by Gasteiger charge is -2.16. The standard InChI is InChI=1S/C19H18N2O3S/c1-12-6-2-4-8-15(12)20-19(24)21-16(18(22)23)10-13-11-25-17-9-5-3-7-14(13)17/h2-9,11,16H,10H2,1H3,(H,22,23)(H2,20,21,24). The van der Waals surface area contributed by atoms with Crippen molar-refractivity contribution in [1.82, 2.24) is 5.32 Å². The number of aliphatic carboxylic acids is 1. The van der Waals surface area contributed by atoms with Crippen LogP contribution >= 0.6 is 11.3 Å². The third kappa shape index (κ3) is 3.97. The average Bonchev–Trinajstić information content (AvgIpc) is 2.99. The molecular formula is C19H18N2O3S. The fourth-order valence-electron chi connectivity index (χ4n) is 2.64. The fourth-order valence-corrected chi connectivity index (χ4v) is 3.62. The Morgan fingerprint density at radius 1 is 1.12 bits per heavy atom. The molecule has 2 amide bonds. The summed E-state index contributed by atoms with van der Waals surface area (Å²) in [5, 5.41) is 17.7. The number of anilines is 1. The Morgan fingerprint density at radius 3 is 2.60 bits per heavy atom. The van der Waals surface area contributed by atoms with Crippen LogP contribution in [0.1, 0.15) is 11.1 Å². The van der Waals surface area contributed by atoms with E-state index in [-0.39, 0.29) is 6.42 Å². The molecule has 1 aromatic heterocycles. The molecule has 0 saturated carbocycles. The fraction of sp³-hybridized carbons (Fsp3) is 0.158. The second kappa shape index (κ2) is 7.36. The van der Waals surface area contributed by atoms with Crippen LogP contribution < -0.4 is 10.6 Å². The zero-order valence-electron chi connectivity index (χ0n) is 13.7. The van der Waals surface area contributed by atoms with Gasteiger partial charge in [-0.3, -0.25) is 0 Å². The molecule has 1 atom stereocenters. The van der Waals surface area contributed by atoms with Crippen LogP contribution in [0.15, 0.2) is 53.9 Å². The normalized spacial score (nSPS) is 11.9. The van der Waals surface area contributed by atoms with Crippen molar-refractivity contribution in [3.8, 4) is 0 Å². The summed E-state index contributed by atoms with van der Waals surface area (Å²) in [6.45, 7) is 1.88. The van der Waals surface area contributed by atoms with Crippen molar-refractivity contribution in [1.29, 1.82) is 0 Å². The molecule has 0 saturated heterocycles. The van der Waals surface area contributed by atoms with Crippen LogP contribution in [0.25, 0.3) is 10.1 Å². The van der Waals surface area contributed by atoms with Gasteiger partial charge < -0.3 is 15.7 Å². The highest BCUT2D eigenvalue weighted by molar-refractivity contribution is 7.17. The van der Waals surface area contributed by atoms with Crippen LogP contribution in [-0.4, -0.2) is 23.1 Å². The lowest BCUT2D eigenvalue weighted by atomic mass is 10.1. The van der Waals surface area contributed by atoms with Gasteiger partial charge in [0.2, 0.25) is 0 Å². The number of fused-ring (bicyclic) bond motifs is 1. The monoisotopic (exact) mass is 354 g/mol. The summed E-state index contributed by atoms with van der Waals surface area (Å²) < 4.78 is 1.10. The van der Waals surface area contributed by atoms with Crippen LogP contribution in [0, 0.1) is 6.92 Å². The summed E-state index contributed by atoms with van der Waals surface area (Å²) in [6, 6.07) is 13.7. The zero-order chi connectivity index (χ0) is 17.8. The highest BCUT2D eigenvalue weighted by Crippen LogP contribution is 2.26. The zero-order valence-corrected chi connectivity index (χ0v) is 14.5. The van der Waals surface area contributed by atoms with E-state index in [1.54, 1.807) is 17.4 Å². The Bertz CT molecular complexity index is 920. The molecule has 0 aliphatic rings. The number of benzene rings is 2. The number of thiophene rings is 1. The SMILES string of the molecule is Cc1ccccc1NC(=O)NC(Cc1csc2ccccc12)C(=O)O. The first-order valence-electron chi connectivity index (χ1n) is 7.85. The van der Waals surface area contributed by atoms with Gasteiger partial charge in [0.05, 0.1) is 0 Å². The molecule has 3 aromatic rings. The van der Waals surface area contributed by atoms with Crippen LogP contribution in [0.3, 0.4) is 0 Å². The summed E-state index contributed by atoms with van der Waals surface area (Å²) in [7, 11) is 0. The van der Waals surface area contributed by atoms with E-state index in [2.05, 4.69) is 10.6 Å². The van der Waals surface area contributed by atoms with E-state index in [0.717, 1.165) is 21.2 Å². The molecule has 128 valence electrons. The van der Waals surface area contributed by atoms with Gasteiger partial charge in [-0.1, -0.05) is 36.4 Å². The van der Waals surface area contributed by atoms with E-state index >= 15 is 0 Å². The van der Waals surface area contributed by atoms with E-state index in [1.165, 1.54) is 0 Å². The highest BCUT2D eigenvalue weighted by Gasteiger charge is 2.22. The molecule has 1 heterocycles. The van der Waals surface area contributed by atoms with Crippen molar-refractivity contribution in [2.45, 2.75) is 19.4 Å². The molecule has 0 aliphatic carbocycles. The number of carboxylic acid groups (broad SMARTS) is 1. The molecule has 0 bridgehead atoms. The molecule has 2 aromatic carbocycles. The van der Waals surface area contributed by atoms with Crippen molar-refractivity contribution in [2.75, 3.05) is 5.32 Å². The lowest BCUT2D eigenvalue weighted by Crippen LogP contribution is -2.44. The molecule has 0 aliphatic heterocycles. The van der Waals surface area contributed by atoms with Gasteiger partial charge in [-0.2, -0.15) is 0 Å². The van der Waals surface area contributed by atoms with Crippen LogP contribution in [-0.2, 0) is 11.2 Å². The number of nitrogens with one attached hydrogen (secondary N) is 2. The summed E-state index contributed by atoms with van der Waals surface area (Å²) in [5.74, 6) is -1.06. The number of hydrogen-bond donors (Lipinski definition) is 3. The lowest BCUT2D eigenvalue weighted by molar-refractivity contribution is -0.139. The number of hydrogen-bond acceptors (Lipinski definition) is 3. The van der Waals surface area contributed by atoms with Gasteiger partial charge in [0.25, 0.3) is 0 Å². The van der Waals surface area contributed by atoms with Gasteiger partial charge >= 0.3 is 12.0 Å². The molecular weight excluding hydrogens is 336 g/mol. The molecule has 25 heavy (non-hydrogen) atoms. The quantitative estimate of drug-likeness (QED) is 0.647. The molecule has 6 heteroatoms. The van der Waals surface area contributed by atoms with Crippen molar-refractivity contribution >= 4 is 39.1 Å². The number of para-hydroxylation sites is 1. The molecule has 1 unspecified atom stereocenters. The minimum atomic E-state index is -1.06. The van der Waals surface area contributed by atoms with E-state index in [0.29, 0.717) is 5.69 Å². The molecule has 0 radical (unpaired) electrons. The maximum atomic E-state index is 12.2. The molecule has 0 spiro atoms. The minimum Gasteiger partial charge on any atom is -0.480 e. The van der Waals surface area contributed by atoms with E-state index < -0.39 is 18.0 Å². The summed E-state index contributed by atoms with van der Waals surface area (Å²) >= 11 is 1.57. The number of rotatable bonds is 5. The molecule has 3 rings (SSSR count). The molecule has 5 nitrogen and oxygen atoms in total. The molecule has 3 N–H and O–H groups in total. The number of aryl methyl sites for hydroxylation is 1. The Labute approximate surface area is 149 Å². The van der Waals surface area contributed by atoms with Crippen molar-refractivity contribution in [2.24, 2.45) is 0 Å². The Balaban J connectivity index is 1.72. The highest BCUT2D eigenvalue weighted by atomic mass is 32.1. The van der Waals surface area contributed by atoms with E-state index in [4.69, 9.17) is 0 Å². The Kier molecular flexibility index (Phi) is 5.00. The van der Waals surface area contributed by atoms with Gasteiger partial charge in [0, 0.05) is 16.8 Å². The summed E-state index contributed by atoms with van der Waals surface area (Å²) in [4.78, 5) is 23.8. The molecule has 0 fully saturated rings. The van der Waals surface area contributed by atoms with Gasteiger partial charge in [-0.25, -0.2) is 9.59 Å². The van der Waals surface area contributed by atoms with Gasteiger partial charge in [-0.05, 0) is 40.9 Å². The Morgan fingerprint density at radius 2 is 1.84 bits per heavy atom. The Hall–Kier alpha value is -2.86. The predicted molar refractivity (Wildman–Crippen MR) is 100 cm³/mol. The van der Waals surface area contributed by atoms with Crippen LogP contribution in [0.4, 0.5) is 10.5 Å². The van der Waals surface area contributed by atoms with Crippen LogP contribution in [0.5, 0.6) is 0 Å². The van der Waals surface area contributed by atoms with Crippen molar-refractivity contribution < 1.29 is 14.7 Å². The first kappa shape index (κ1) is 17.0. The third-order valence-corrected chi connectivity index (χ3v) is 4.99. The van der Waals surface area contributed by atoms with Crippen LogP contribution in [0.2, 0.25) is 0 Å². The predicted octanol–water partition coefficient (Wildman–Crippen LogP) is 4.03. The number of urea groups is 1. The van der Waals surface area contributed by atoms with Gasteiger partial charge in [0.15, 0.2) is 0 Å². The maximum Gasteiger partial charge on any atom is 0.326 e. The number of carboxylic acids is 1. The van der Waals surface area contributed by atoms with Gasteiger partial charge in [-0.15, -0.1) is 11.3 Å². The van der Waals surface area contributed by atoms with Crippen molar-refractivity contribution in [3.63, 3.8) is 0 Å². The second-order valence-corrected chi connectivity index (χ2v) is 6.68. The average molecular weight is 354 g/mol. The topological polar surface area (TPSA) is 78.4 Å². The van der Waals surface area contributed by atoms with E-state index in [1.807, 2.05) is 54.8 Å². The first-order valence-corrected chi connectivity index (χ1v) is 8.73. The number of carbonyl (C=O) groups excluding carboxylic acids is 1. The van der Waals surface area contributed by atoms with Gasteiger partial charge in [0.1, 0.15) is 6.04 Å². The summed E-state index contributed by atoms with van der Waals surface area (Å²) in [6.07, 6.45) is 0.237. The number of carbonyl (C=O) groups is 2. The third-order valence-electron chi connectivity index (χ3n) is 3.98. The van der Waals surface area contributed by atoms with Crippen molar-refractivity contribution in [3.05, 3.63) is 65.0 Å². The number of amides is 2. The largest absolute Gasteiger partial charge is 0.480 e. The maximum absolute atomic E-state index is 12.2.